The van der Waals surface area contributed by atoms with Gasteiger partial charge in [0.15, 0.2) is 0 Å². The molecular weight excluding hydrogens is 228 g/mol. The monoisotopic (exact) mass is 242 g/mol. The van der Waals surface area contributed by atoms with Crippen LogP contribution in [0.4, 0.5) is 0 Å². The van der Waals surface area contributed by atoms with E-state index in [1.807, 2.05) is 32.0 Å². The van der Waals surface area contributed by atoms with Gasteiger partial charge in [0.1, 0.15) is 18.5 Å². The van der Waals surface area contributed by atoms with E-state index in [1.165, 1.54) is 0 Å². The van der Waals surface area contributed by atoms with E-state index >= 15 is 0 Å². The van der Waals surface area contributed by atoms with Gasteiger partial charge in [-0.2, -0.15) is 4.21 Å². The summed E-state index contributed by atoms with van der Waals surface area (Å²) in [4.78, 5) is 0. The van der Waals surface area contributed by atoms with Crippen LogP contribution in [0.2, 0.25) is 0 Å². The van der Waals surface area contributed by atoms with Gasteiger partial charge < -0.3 is 4.74 Å². The van der Waals surface area contributed by atoms with Gasteiger partial charge in [-0.3, -0.25) is 8.37 Å². The molecule has 1 aliphatic heterocycles. The zero-order valence-corrected chi connectivity index (χ0v) is 10.1. The van der Waals surface area contributed by atoms with Crippen LogP contribution in [-0.4, -0.2) is 23.5 Å². The van der Waals surface area contributed by atoms with E-state index in [1.54, 1.807) is 0 Å². The third-order valence-corrected chi connectivity index (χ3v) is 3.14. The van der Waals surface area contributed by atoms with Crippen LogP contribution in [0.3, 0.4) is 0 Å². The molecule has 88 valence electrons. The van der Waals surface area contributed by atoms with Crippen molar-refractivity contribution in [2.45, 2.75) is 20.0 Å². The van der Waals surface area contributed by atoms with Crippen LogP contribution in [0.25, 0.3) is 0 Å². The van der Waals surface area contributed by atoms with Crippen molar-refractivity contribution in [1.82, 2.24) is 0 Å². The molecule has 5 heteroatoms. The van der Waals surface area contributed by atoms with Crippen molar-refractivity contribution in [3.8, 4) is 5.75 Å². The first kappa shape index (κ1) is 11.6. The Bertz CT molecular complexity index is 385. The molecular formula is C11H14O4S. The van der Waals surface area contributed by atoms with Gasteiger partial charge in [-0.05, 0) is 25.0 Å². The smallest absolute Gasteiger partial charge is 0.305 e. The fourth-order valence-electron chi connectivity index (χ4n) is 1.58. The number of hydrogen-bond donors (Lipinski definition) is 0. The lowest BCUT2D eigenvalue weighted by Crippen LogP contribution is -2.20. The molecule has 1 saturated heterocycles. The number of ether oxygens (including phenoxy) is 1. The minimum absolute atomic E-state index is 0.250. The van der Waals surface area contributed by atoms with Crippen LogP contribution in [-0.2, 0) is 19.7 Å². The topological polar surface area (TPSA) is 44.8 Å². The van der Waals surface area contributed by atoms with Crippen molar-refractivity contribution in [2.24, 2.45) is 0 Å². The van der Waals surface area contributed by atoms with Gasteiger partial charge in [0.25, 0.3) is 0 Å². The summed E-state index contributed by atoms with van der Waals surface area (Å²) in [5.74, 6) is 0.865. The molecule has 2 atom stereocenters. The Balaban J connectivity index is 1.97. The molecule has 1 aromatic carbocycles. The van der Waals surface area contributed by atoms with E-state index in [0.29, 0.717) is 13.2 Å². The molecule has 4 nitrogen and oxygen atoms in total. The van der Waals surface area contributed by atoms with Crippen molar-refractivity contribution in [3.63, 3.8) is 0 Å². The summed E-state index contributed by atoms with van der Waals surface area (Å²) < 4.78 is 26.2. The number of rotatable bonds is 3. The summed E-state index contributed by atoms with van der Waals surface area (Å²) in [7, 11) is 0. The van der Waals surface area contributed by atoms with Crippen LogP contribution < -0.4 is 4.74 Å². The van der Waals surface area contributed by atoms with Crippen LogP contribution in [0.1, 0.15) is 11.1 Å². The van der Waals surface area contributed by atoms with E-state index in [4.69, 9.17) is 13.1 Å². The second kappa shape index (κ2) is 4.95. The summed E-state index contributed by atoms with van der Waals surface area (Å²) in [5, 5.41) is 0. The third-order valence-electron chi connectivity index (χ3n) is 2.39. The van der Waals surface area contributed by atoms with Crippen molar-refractivity contribution >= 4 is 11.4 Å². The SMILES string of the molecule is Cc1cccc(C)c1OC[C@H]1CO[S@](=O)O1. The molecule has 0 N–H and O–H groups in total. The minimum Gasteiger partial charge on any atom is -0.490 e. The van der Waals surface area contributed by atoms with Crippen molar-refractivity contribution in [1.29, 1.82) is 0 Å². The molecule has 2 rings (SSSR count). The van der Waals surface area contributed by atoms with E-state index in [-0.39, 0.29) is 6.10 Å². The molecule has 0 unspecified atom stereocenters. The van der Waals surface area contributed by atoms with E-state index < -0.39 is 11.4 Å². The molecule has 0 amide bonds. The molecule has 0 radical (unpaired) electrons. The maximum absolute atomic E-state index is 10.8. The predicted molar refractivity (Wildman–Crippen MR) is 60.4 cm³/mol. The highest BCUT2D eigenvalue weighted by atomic mass is 32.2. The predicted octanol–water partition coefficient (Wildman–Crippen LogP) is 1.68. The quantitative estimate of drug-likeness (QED) is 0.809. The highest BCUT2D eigenvalue weighted by Gasteiger charge is 2.24. The van der Waals surface area contributed by atoms with E-state index in [2.05, 4.69) is 0 Å². The van der Waals surface area contributed by atoms with Gasteiger partial charge in [0.05, 0.1) is 6.61 Å². The summed E-state index contributed by atoms with van der Waals surface area (Å²) in [6.07, 6.45) is -0.250. The fraction of sp³-hybridized carbons (Fsp3) is 0.455. The first-order chi connectivity index (χ1) is 7.66. The Labute approximate surface area is 97.4 Å². The molecule has 0 aliphatic carbocycles. The number of benzene rings is 1. The first-order valence-corrected chi connectivity index (χ1v) is 6.08. The number of hydrogen-bond acceptors (Lipinski definition) is 4. The number of para-hydroxylation sites is 1. The maximum Gasteiger partial charge on any atom is 0.305 e. The lowest BCUT2D eigenvalue weighted by molar-refractivity contribution is 0.150. The van der Waals surface area contributed by atoms with Gasteiger partial charge in [-0.1, -0.05) is 18.2 Å². The Kier molecular flexibility index (Phi) is 3.58. The molecule has 0 spiro atoms. The van der Waals surface area contributed by atoms with Gasteiger partial charge in [-0.15, -0.1) is 0 Å². The fourth-order valence-corrected chi connectivity index (χ4v) is 2.23. The molecule has 1 aromatic rings. The third kappa shape index (κ3) is 2.61. The first-order valence-electron chi connectivity index (χ1n) is 5.08. The average molecular weight is 242 g/mol. The van der Waals surface area contributed by atoms with Crippen molar-refractivity contribution in [2.75, 3.05) is 13.2 Å². The average Bonchev–Trinajstić information content (AvgIpc) is 2.63. The second-order valence-corrected chi connectivity index (χ2v) is 4.58. The molecule has 16 heavy (non-hydrogen) atoms. The molecule has 0 saturated carbocycles. The molecule has 1 aliphatic rings. The summed E-state index contributed by atoms with van der Waals surface area (Å²) in [6.45, 7) is 4.66. The van der Waals surface area contributed by atoms with Crippen LogP contribution in [0.5, 0.6) is 5.75 Å². The van der Waals surface area contributed by atoms with Gasteiger partial charge in [0, 0.05) is 0 Å². The summed E-state index contributed by atoms with van der Waals surface area (Å²) in [5.41, 5.74) is 2.17. The van der Waals surface area contributed by atoms with Crippen LogP contribution in [0, 0.1) is 13.8 Å². The Morgan fingerprint density at radius 2 is 2.12 bits per heavy atom. The number of aryl methyl sites for hydroxylation is 2. The Morgan fingerprint density at radius 3 is 2.69 bits per heavy atom. The van der Waals surface area contributed by atoms with Gasteiger partial charge >= 0.3 is 11.4 Å². The summed E-state index contributed by atoms with van der Waals surface area (Å²) >= 11 is -1.60. The standard InChI is InChI=1S/C11H14O4S/c1-8-4-3-5-9(2)11(8)13-6-10-7-14-16(12)15-10/h3-5,10H,6-7H2,1-2H3/t10-,16-/m0/s1. The van der Waals surface area contributed by atoms with Gasteiger partial charge in [0.2, 0.25) is 0 Å². The highest BCUT2D eigenvalue weighted by Crippen LogP contribution is 2.23. The highest BCUT2D eigenvalue weighted by molar-refractivity contribution is 7.75. The second-order valence-electron chi connectivity index (χ2n) is 3.74. The normalized spacial score (nSPS) is 24.6. The summed E-state index contributed by atoms with van der Waals surface area (Å²) in [6, 6.07) is 5.97. The molecule has 1 fully saturated rings. The largest absolute Gasteiger partial charge is 0.490 e. The van der Waals surface area contributed by atoms with Crippen LogP contribution in [0.15, 0.2) is 18.2 Å². The zero-order chi connectivity index (χ0) is 11.5. The van der Waals surface area contributed by atoms with Gasteiger partial charge in [-0.25, -0.2) is 0 Å². The zero-order valence-electron chi connectivity index (χ0n) is 9.26. The minimum atomic E-state index is -1.60. The molecule has 0 bridgehead atoms. The molecule has 1 heterocycles. The van der Waals surface area contributed by atoms with Crippen LogP contribution >= 0.6 is 0 Å². The Morgan fingerprint density at radius 1 is 1.44 bits per heavy atom. The molecule has 0 aromatic heterocycles. The maximum atomic E-state index is 10.8. The van der Waals surface area contributed by atoms with E-state index in [0.717, 1.165) is 16.9 Å². The lowest BCUT2D eigenvalue weighted by atomic mass is 10.1. The van der Waals surface area contributed by atoms with Crippen molar-refractivity contribution in [3.05, 3.63) is 29.3 Å². The Hall–Kier alpha value is -0.910. The van der Waals surface area contributed by atoms with Crippen molar-refractivity contribution < 1.29 is 17.3 Å². The van der Waals surface area contributed by atoms with E-state index in [9.17, 15) is 4.21 Å². The lowest BCUT2D eigenvalue weighted by Gasteiger charge is -2.13.